The molecule has 1 fully saturated rings. The van der Waals surface area contributed by atoms with Crippen LogP contribution >= 0.6 is 11.8 Å². The lowest BCUT2D eigenvalue weighted by Gasteiger charge is -2.36. The number of nitrogens with one attached hydrogen (secondary N) is 1. The summed E-state index contributed by atoms with van der Waals surface area (Å²) >= 11 is 1.68. The van der Waals surface area contributed by atoms with Gasteiger partial charge in [0.25, 0.3) is 0 Å². The zero-order valence-electron chi connectivity index (χ0n) is 18.9. The van der Waals surface area contributed by atoms with Gasteiger partial charge >= 0.3 is 0 Å². The number of thioether (sulfide) groups is 1. The van der Waals surface area contributed by atoms with E-state index in [2.05, 4.69) is 65.0 Å². The van der Waals surface area contributed by atoms with Gasteiger partial charge in [-0.15, -0.1) is 11.8 Å². The zero-order chi connectivity index (χ0) is 22.8. The summed E-state index contributed by atoms with van der Waals surface area (Å²) < 4.78 is 11.6. The van der Waals surface area contributed by atoms with Gasteiger partial charge < -0.3 is 19.6 Å². The van der Waals surface area contributed by atoms with E-state index >= 15 is 0 Å². The molecule has 1 aliphatic rings. The molecular weight excluding hydrogens is 432 g/mol. The lowest BCUT2D eigenvalue weighted by atomic mass is 10.0. The molecule has 1 aromatic heterocycles. The van der Waals surface area contributed by atoms with Crippen LogP contribution in [0.15, 0.2) is 76.0 Å². The maximum atomic E-state index is 9.99. The number of rotatable bonds is 6. The molecule has 0 aliphatic carbocycles. The van der Waals surface area contributed by atoms with Crippen LogP contribution in [0.5, 0.6) is 11.5 Å². The monoisotopic (exact) mass is 460 g/mol. The van der Waals surface area contributed by atoms with Crippen LogP contribution < -0.4 is 10.1 Å². The average molecular weight is 461 g/mol. The van der Waals surface area contributed by atoms with Crippen molar-refractivity contribution in [2.24, 2.45) is 0 Å². The third-order valence-corrected chi connectivity index (χ3v) is 7.09. The highest BCUT2D eigenvalue weighted by Gasteiger charge is 2.25. The minimum Gasteiger partial charge on any atom is -0.504 e. The minimum atomic E-state index is 0.119. The number of methoxy groups -OCH3 is 1. The fourth-order valence-corrected chi connectivity index (χ4v) is 5.32. The molecule has 1 atom stereocenters. The molecule has 0 amide bonds. The van der Waals surface area contributed by atoms with Crippen molar-refractivity contribution in [3.63, 3.8) is 0 Å². The number of hydrogen-bond acceptors (Lipinski definition) is 6. The summed E-state index contributed by atoms with van der Waals surface area (Å²) in [6.07, 6.45) is 2.07. The van der Waals surface area contributed by atoms with Crippen molar-refractivity contribution >= 4 is 22.7 Å². The lowest BCUT2D eigenvalue weighted by molar-refractivity contribution is 0.154. The second-order valence-electron chi connectivity index (χ2n) is 8.28. The van der Waals surface area contributed by atoms with Crippen molar-refractivity contribution in [3.8, 4) is 22.8 Å². The molecule has 6 heteroatoms. The molecule has 5 rings (SSSR count). The summed E-state index contributed by atoms with van der Waals surface area (Å²) in [6.45, 7) is 3.87. The van der Waals surface area contributed by atoms with Crippen molar-refractivity contribution in [3.05, 3.63) is 77.9 Å². The highest BCUT2D eigenvalue weighted by atomic mass is 32.2. The predicted octanol–water partition coefficient (Wildman–Crippen LogP) is 5.68. The van der Waals surface area contributed by atoms with E-state index in [1.807, 2.05) is 12.1 Å². The molecule has 0 spiro atoms. The molecule has 2 heterocycles. The molecular formula is C27H28N2O3S. The van der Waals surface area contributed by atoms with Gasteiger partial charge in [-0.05, 0) is 47.7 Å². The Bertz CT molecular complexity index is 1260. The fraction of sp³-hybridized carbons (Fsp3) is 0.259. The van der Waals surface area contributed by atoms with E-state index in [4.69, 9.17) is 9.15 Å². The van der Waals surface area contributed by atoms with E-state index in [0.29, 0.717) is 11.8 Å². The first-order chi connectivity index (χ1) is 16.2. The van der Waals surface area contributed by atoms with Crippen LogP contribution in [0.25, 0.3) is 22.3 Å². The maximum absolute atomic E-state index is 9.99. The van der Waals surface area contributed by atoms with Crippen LogP contribution in [0.4, 0.5) is 0 Å². The third-order valence-electron chi connectivity index (χ3n) is 6.28. The van der Waals surface area contributed by atoms with Crippen LogP contribution in [0.1, 0.15) is 17.2 Å². The van der Waals surface area contributed by atoms with Gasteiger partial charge in [-0.25, -0.2) is 0 Å². The number of phenols is 1. The molecule has 1 unspecified atom stereocenters. The Morgan fingerprint density at radius 2 is 1.97 bits per heavy atom. The van der Waals surface area contributed by atoms with Gasteiger partial charge in [0.15, 0.2) is 11.5 Å². The van der Waals surface area contributed by atoms with Crippen LogP contribution in [0.3, 0.4) is 0 Å². The molecule has 5 nitrogen and oxygen atoms in total. The molecule has 0 bridgehead atoms. The number of nitrogens with zero attached hydrogens (tertiary/aromatic N) is 1. The number of fused-ring (bicyclic) bond motifs is 1. The molecule has 3 aromatic carbocycles. The highest BCUT2D eigenvalue weighted by molar-refractivity contribution is 7.99. The Hall–Kier alpha value is -2.93. The number of phenolic OH excluding ortho intramolecular Hbond substituents is 1. The van der Waals surface area contributed by atoms with E-state index in [9.17, 15) is 5.11 Å². The standard InChI is InChI=1S/C27H28N2O3S/c1-31-25-15-20(8-10-23(25)30)26-27(33-2)21-14-19(9-11-24(21)32-26)22-16-28-12-13-29(22)17-18-6-4-3-5-7-18/h3-11,14-15,22,28,30H,12-13,16-17H2,1-2H3. The second kappa shape index (κ2) is 9.51. The minimum absolute atomic E-state index is 0.119. The molecule has 0 radical (unpaired) electrons. The summed E-state index contributed by atoms with van der Waals surface area (Å²) in [5.74, 6) is 1.36. The van der Waals surface area contributed by atoms with Crippen LogP contribution in [0.2, 0.25) is 0 Å². The smallest absolute Gasteiger partial charge is 0.161 e. The van der Waals surface area contributed by atoms with Gasteiger partial charge in [0.2, 0.25) is 0 Å². The summed E-state index contributed by atoms with van der Waals surface area (Å²) in [5, 5.41) is 14.7. The number of furan rings is 1. The first kappa shape index (κ1) is 21.9. The Morgan fingerprint density at radius 3 is 2.76 bits per heavy atom. The van der Waals surface area contributed by atoms with Gasteiger partial charge in [-0.3, -0.25) is 4.90 Å². The third kappa shape index (κ3) is 4.34. The Balaban J connectivity index is 1.52. The number of ether oxygens (including phenoxy) is 1. The first-order valence-electron chi connectivity index (χ1n) is 11.1. The van der Waals surface area contributed by atoms with E-state index < -0.39 is 0 Å². The van der Waals surface area contributed by atoms with Crippen molar-refractivity contribution in [1.29, 1.82) is 0 Å². The van der Waals surface area contributed by atoms with Gasteiger partial charge in [0, 0.05) is 43.2 Å². The Kier molecular flexibility index (Phi) is 6.31. The summed E-state index contributed by atoms with van der Waals surface area (Å²) in [7, 11) is 1.55. The Morgan fingerprint density at radius 1 is 1.12 bits per heavy atom. The molecule has 1 aliphatic heterocycles. The summed E-state index contributed by atoms with van der Waals surface area (Å²) in [4.78, 5) is 3.65. The fourth-order valence-electron chi connectivity index (χ4n) is 4.59. The molecule has 2 N–H and O–H groups in total. The number of hydrogen-bond donors (Lipinski definition) is 2. The molecule has 33 heavy (non-hydrogen) atoms. The van der Waals surface area contributed by atoms with Crippen molar-refractivity contribution in [1.82, 2.24) is 10.2 Å². The number of piperazine rings is 1. The summed E-state index contributed by atoms with van der Waals surface area (Å²) in [5.41, 5.74) is 4.37. The molecule has 4 aromatic rings. The van der Waals surface area contributed by atoms with Crippen LogP contribution in [-0.2, 0) is 6.54 Å². The van der Waals surface area contributed by atoms with Crippen LogP contribution in [-0.4, -0.2) is 43.0 Å². The summed E-state index contributed by atoms with van der Waals surface area (Å²) in [6, 6.07) is 22.8. The first-order valence-corrected chi connectivity index (χ1v) is 12.4. The van der Waals surface area contributed by atoms with Crippen LogP contribution in [0, 0.1) is 0 Å². The number of benzene rings is 3. The molecule has 1 saturated heterocycles. The topological polar surface area (TPSA) is 57.9 Å². The van der Waals surface area contributed by atoms with E-state index in [0.717, 1.165) is 53.4 Å². The van der Waals surface area contributed by atoms with Gasteiger partial charge in [0.1, 0.15) is 11.3 Å². The highest BCUT2D eigenvalue weighted by Crippen LogP contribution is 2.42. The van der Waals surface area contributed by atoms with Crippen molar-refractivity contribution in [2.75, 3.05) is 33.0 Å². The van der Waals surface area contributed by atoms with Crippen molar-refractivity contribution in [2.45, 2.75) is 17.5 Å². The van der Waals surface area contributed by atoms with Gasteiger partial charge in [0.05, 0.1) is 12.0 Å². The van der Waals surface area contributed by atoms with Crippen molar-refractivity contribution < 1.29 is 14.3 Å². The van der Waals surface area contributed by atoms with E-state index in [1.165, 1.54) is 11.1 Å². The van der Waals surface area contributed by atoms with Gasteiger partial charge in [-0.2, -0.15) is 0 Å². The predicted molar refractivity (Wildman–Crippen MR) is 134 cm³/mol. The zero-order valence-corrected chi connectivity index (χ0v) is 19.7. The largest absolute Gasteiger partial charge is 0.504 e. The van der Waals surface area contributed by atoms with E-state index in [-0.39, 0.29) is 5.75 Å². The van der Waals surface area contributed by atoms with Gasteiger partial charge in [-0.1, -0.05) is 36.4 Å². The molecule has 0 saturated carbocycles. The average Bonchev–Trinajstić information content (AvgIpc) is 3.23. The SMILES string of the molecule is COc1cc(-c2oc3ccc(C4CNCCN4Cc4ccccc4)cc3c2SC)ccc1O. The molecule has 170 valence electrons. The number of aromatic hydroxyl groups is 1. The van der Waals surface area contributed by atoms with E-state index in [1.54, 1.807) is 24.9 Å². The lowest BCUT2D eigenvalue weighted by Crippen LogP contribution is -2.45. The Labute approximate surface area is 198 Å². The second-order valence-corrected chi connectivity index (χ2v) is 9.10. The maximum Gasteiger partial charge on any atom is 0.161 e. The normalized spacial score (nSPS) is 16.8. The quantitative estimate of drug-likeness (QED) is 0.361.